The van der Waals surface area contributed by atoms with Crippen molar-refractivity contribution >= 4 is 46.4 Å². The first-order valence-electron chi connectivity index (χ1n) is 11.7. The molecule has 2 N–H and O–H groups in total. The highest BCUT2D eigenvalue weighted by atomic mass is 35.5. The Balaban J connectivity index is 1.27. The zero-order chi connectivity index (χ0) is 25.9. The van der Waals surface area contributed by atoms with Crippen molar-refractivity contribution in [1.29, 1.82) is 0 Å². The molecule has 2 amide bonds. The fourth-order valence-electron chi connectivity index (χ4n) is 4.20. The summed E-state index contributed by atoms with van der Waals surface area (Å²) in [5.74, 6) is 1.57. The third-order valence-electron chi connectivity index (χ3n) is 5.90. The van der Waals surface area contributed by atoms with Crippen molar-refractivity contribution in [2.75, 3.05) is 25.1 Å². The van der Waals surface area contributed by atoms with Crippen molar-refractivity contribution in [2.24, 2.45) is 5.10 Å². The number of fused-ring (bicyclic) bond motifs is 2. The van der Waals surface area contributed by atoms with E-state index < -0.39 is 5.91 Å². The van der Waals surface area contributed by atoms with Gasteiger partial charge in [-0.3, -0.25) is 9.59 Å². The van der Waals surface area contributed by atoms with Crippen LogP contribution >= 0.6 is 23.2 Å². The van der Waals surface area contributed by atoms with Crippen LogP contribution in [0.3, 0.4) is 0 Å². The second kappa shape index (κ2) is 10.7. The van der Waals surface area contributed by atoms with Gasteiger partial charge in [-0.05, 0) is 50.1 Å². The minimum Gasteiger partial charge on any atom is -0.486 e. The highest BCUT2D eigenvalue weighted by molar-refractivity contribution is 6.35. The molecule has 0 fully saturated rings. The number of anilines is 1. The van der Waals surface area contributed by atoms with Gasteiger partial charge in [-0.25, -0.2) is 5.43 Å². The van der Waals surface area contributed by atoms with E-state index >= 15 is 0 Å². The Hall–Kier alpha value is -3.69. The van der Waals surface area contributed by atoms with E-state index in [4.69, 9.17) is 41.8 Å². The number of aryl methyl sites for hydroxylation is 1. The third kappa shape index (κ3) is 5.52. The molecule has 2 heterocycles. The van der Waals surface area contributed by atoms with Crippen molar-refractivity contribution in [3.63, 3.8) is 0 Å². The van der Waals surface area contributed by atoms with E-state index in [9.17, 15) is 9.59 Å². The summed E-state index contributed by atoms with van der Waals surface area (Å²) in [6.45, 7) is 2.46. The lowest BCUT2D eigenvalue weighted by atomic mass is 9.93. The molecule has 0 atom stereocenters. The fourth-order valence-corrected chi connectivity index (χ4v) is 4.67. The molecule has 0 radical (unpaired) electrons. The molecule has 5 rings (SSSR count). The van der Waals surface area contributed by atoms with Crippen LogP contribution in [0.1, 0.15) is 40.3 Å². The third-order valence-corrected chi connectivity index (χ3v) is 6.43. The van der Waals surface area contributed by atoms with Gasteiger partial charge in [0, 0.05) is 34.3 Å². The van der Waals surface area contributed by atoms with Gasteiger partial charge < -0.3 is 23.9 Å². The Morgan fingerprint density at radius 3 is 2.68 bits per heavy atom. The Labute approximate surface area is 222 Å². The SMILES string of the molecule is Cc1c(C(=O)Nc2ccc3c(c2)OCCO3)oc2c1/C(=N/NC(=O)COc1ccc(Cl)cc1Cl)CCC2. The fraction of sp³-hybridized carbons (Fsp3) is 0.269. The van der Waals surface area contributed by atoms with E-state index in [1.54, 1.807) is 37.3 Å². The van der Waals surface area contributed by atoms with Crippen LogP contribution in [0, 0.1) is 6.92 Å². The summed E-state index contributed by atoms with van der Waals surface area (Å²) >= 11 is 11.9. The Morgan fingerprint density at radius 1 is 1.05 bits per heavy atom. The number of amides is 2. The van der Waals surface area contributed by atoms with Gasteiger partial charge in [0.1, 0.15) is 24.7 Å². The standard InChI is InChI=1S/C26H23Cl2N3O6/c1-14-24-18(30-31-23(32)13-36-19-7-5-15(27)11-17(19)28)3-2-4-21(24)37-25(14)26(33)29-16-6-8-20-22(12-16)35-10-9-34-20/h5-8,11-12H,2-4,9-10,13H2,1H3,(H,29,33)(H,31,32)/b30-18+. The summed E-state index contributed by atoms with van der Waals surface area (Å²) in [5, 5.41) is 7.92. The monoisotopic (exact) mass is 543 g/mol. The average molecular weight is 544 g/mol. The molecule has 1 aliphatic carbocycles. The summed E-state index contributed by atoms with van der Waals surface area (Å²) in [7, 11) is 0. The summed E-state index contributed by atoms with van der Waals surface area (Å²) in [5.41, 5.74) is 5.10. The van der Waals surface area contributed by atoms with E-state index in [2.05, 4.69) is 15.8 Å². The molecule has 1 aliphatic heterocycles. The molecule has 0 spiro atoms. The first kappa shape index (κ1) is 25.0. The number of nitrogens with zero attached hydrogens (tertiary/aromatic N) is 1. The van der Waals surface area contributed by atoms with Gasteiger partial charge >= 0.3 is 0 Å². The van der Waals surface area contributed by atoms with E-state index in [0.29, 0.717) is 76.1 Å². The highest BCUT2D eigenvalue weighted by Gasteiger charge is 2.28. The number of hydrogen-bond donors (Lipinski definition) is 2. The number of halogens is 2. The first-order valence-corrected chi connectivity index (χ1v) is 12.4. The number of ether oxygens (including phenoxy) is 3. The molecule has 1 aromatic heterocycles. The predicted octanol–water partition coefficient (Wildman–Crippen LogP) is 5.15. The van der Waals surface area contributed by atoms with Gasteiger partial charge in [-0.1, -0.05) is 23.2 Å². The highest BCUT2D eigenvalue weighted by Crippen LogP contribution is 2.34. The Kier molecular flexibility index (Phi) is 7.25. The molecule has 37 heavy (non-hydrogen) atoms. The second-order valence-corrected chi connectivity index (χ2v) is 9.32. The largest absolute Gasteiger partial charge is 0.486 e. The quantitative estimate of drug-likeness (QED) is 0.415. The van der Waals surface area contributed by atoms with E-state index in [1.165, 1.54) is 6.07 Å². The number of rotatable bonds is 6. The predicted molar refractivity (Wildman–Crippen MR) is 138 cm³/mol. The van der Waals surface area contributed by atoms with Crippen LogP contribution in [0.25, 0.3) is 0 Å². The molecule has 0 saturated heterocycles. The lowest BCUT2D eigenvalue weighted by Gasteiger charge is -2.18. The van der Waals surface area contributed by atoms with Crippen LogP contribution in [0.2, 0.25) is 10.0 Å². The molecular weight excluding hydrogens is 521 g/mol. The summed E-state index contributed by atoms with van der Waals surface area (Å²) < 4.78 is 22.5. The summed E-state index contributed by atoms with van der Waals surface area (Å²) in [6, 6.07) is 9.94. The smallest absolute Gasteiger partial charge is 0.291 e. The molecule has 192 valence electrons. The maximum Gasteiger partial charge on any atom is 0.291 e. The van der Waals surface area contributed by atoms with Crippen molar-refractivity contribution in [2.45, 2.75) is 26.2 Å². The van der Waals surface area contributed by atoms with Crippen molar-refractivity contribution in [1.82, 2.24) is 5.43 Å². The second-order valence-electron chi connectivity index (χ2n) is 8.48. The number of benzene rings is 2. The Bertz CT molecular complexity index is 1400. The van der Waals surface area contributed by atoms with E-state index in [0.717, 1.165) is 12.0 Å². The molecule has 11 heteroatoms. The average Bonchev–Trinajstić information content (AvgIpc) is 3.24. The first-order chi connectivity index (χ1) is 17.9. The molecule has 0 unspecified atom stereocenters. The van der Waals surface area contributed by atoms with Crippen molar-refractivity contribution in [3.05, 3.63) is 69.1 Å². The minimum atomic E-state index is -0.455. The molecular formula is C26H23Cl2N3O6. The van der Waals surface area contributed by atoms with Crippen LogP contribution < -0.4 is 25.0 Å². The van der Waals surface area contributed by atoms with Gasteiger partial charge in [0.25, 0.3) is 11.8 Å². The van der Waals surface area contributed by atoms with E-state index in [1.807, 2.05) is 0 Å². The number of furan rings is 1. The molecule has 9 nitrogen and oxygen atoms in total. The summed E-state index contributed by atoms with van der Waals surface area (Å²) in [4.78, 5) is 25.4. The van der Waals surface area contributed by atoms with Gasteiger partial charge in [-0.15, -0.1) is 0 Å². The number of carbonyl (C=O) groups excluding carboxylic acids is 2. The number of nitrogens with one attached hydrogen (secondary N) is 2. The van der Waals surface area contributed by atoms with Gasteiger partial charge in [0.2, 0.25) is 0 Å². The zero-order valence-corrected chi connectivity index (χ0v) is 21.4. The van der Waals surface area contributed by atoms with Crippen molar-refractivity contribution in [3.8, 4) is 17.2 Å². The van der Waals surface area contributed by atoms with Crippen LogP contribution in [-0.4, -0.2) is 37.3 Å². The lowest BCUT2D eigenvalue weighted by Crippen LogP contribution is -2.27. The van der Waals surface area contributed by atoms with E-state index in [-0.39, 0.29) is 18.3 Å². The molecule has 0 bridgehead atoms. The number of hydrogen-bond acceptors (Lipinski definition) is 7. The molecule has 3 aromatic rings. The van der Waals surface area contributed by atoms with Crippen LogP contribution in [0.15, 0.2) is 45.9 Å². The molecule has 2 aromatic carbocycles. The molecule has 2 aliphatic rings. The Morgan fingerprint density at radius 2 is 1.86 bits per heavy atom. The van der Waals surface area contributed by atoms with Gasteiger partial charge in [0.15, 0.2) is 23.9 Å². The lowest BCUT2D eigenvalue weighted by molar-refractivity contribution is -0.123. The van der Waals surface area contributed by atoms with Crippen LogP contribution in [0.4, 0.5) is 5.69 Å². The topological polar surface area (TPSA) is 111 Å². The van der Waals surface area contributed by atoms with Gasteiger partial charge in [0.05, 0.1) is 10.7 Å². The molecule has 0 saturated carbocycles. The van der Waals surface area contributed by atoms with Gasteiger partial charge in [-0.2, -0.15) is 5.10 Å². The maximum atomic E-state index is 13.0. The number of hydrazone groups is 1. The number of carbonyl (C=O) groups is 2. The minimum absolute atomic E-state index is 0.196. The maximum absolute atomic E-state index is 13.0. The van der Waals surface area contributed by atoms with Crippen LogP contribution in [0.5, 0.6) is 17.2 Å². The normalized spacial score (nSPS) is 15.2. The summed E-state index contributed by atoms with van der Waals surface area (Å²) in [6.07, 6.45) is 2.06. The zero-order valence-electron chi connectivity index (χ0n) is 19.9. The van der Waals surface area contributed by atoms with Crippen molar-refractivity contribution < 1.29 is 28.2 Å². The van der Waals surface area contributed by atoms with Crippen LogP contribution in [-0.2, 0) is 11.2 Å².